The molecule has 1 aromatic heterocycles. The lowest BCUT2D eigenvalue weighted by Gasteiger charge is -2.15. The Kier molecular flexibility index (Phi) is 5.43. The van der Waals surface area contributed by atoms with Crippen molar-refractivity contribution >= 4 is 17.9 Å². The summed E-state index contributed by atoms with van der Waals surface area (Å²) in [5.41, 5.74) is 1.05. The molecule has 148 valence electrons. The maximum Gasteiger partial charge on any atom is 0.325 e. The van der Waals surface area contributed by atoms with Crippen molar-refractivity contribution in [1.82, 2.24) is 20.4 Å². The van der Waals surface area contributed by atoms with Crippen molar-refractivity contribution in [3.8, 4) is 11.4 Å². The number of aromatic nitrogens is 2. The molecule has 0 spiro atoms. The van der Waals surface area contributed by atoms with Crippen LogP contribution < -0.4 is 5.32 Å². The van der Waals surface area contributed by atoms with E-state index in [0.29, 0.717) is 5.82 Å². The minimum Gasteiger partial charge on any atom is -0.456 e. The molecule has 1 aromatic carbocycles. The van der Waals surface area contributed by atoms with Gasteiger partial charge in [-0.15, -0.1) is 0 Å². The van der Waals surface area contributed by atoms with Gasteiger partial charge in [0.25, 0.3) is 11.8 Å². The second-order valence-corrected chi connectivity index (χ2v) is 6.98. The van der Waals surface area contributed by atoms with E-state index in [9.17, 15) is 14.4 Å². The Bertz CT molecular complexity index is 888. The summed E-state index contributed by atoms with van der Waals surface area (Å²) in [6.07, 6.45) is 0.824. The fourth-order valence-electron chi connectivity index (χ4n) is 2.76. The van der Waals surface area contributed by atoms with Crippen molar-refractivity contribution in [2.45, 2.75) is 45.8 Å². The van der Waals surface area contributed by atoms with Gasteiger partial charge in [0, 0.05) is 12.1 Å². The number of aryl methyl sites for hydroxylation is 1. The van der Waals surface area contributed by atoms with E-state index in [2.05, 4.69) is 22.4 Å². The molecule has 1 aliphatic heterocycles. The molecule has 2 aromatic rings. The highest BCUT2D eigenvalue weighted by Gasteiger charge is 2.44. The van der Waals surface area contributed by atoms with Gasteiger partial charge >= 0.3 is 12.0 Å². The minimum absolute atomic E-state index is 0.0498. The van der Waals surface area contributed by atoms with Gasteiger partial charge in [-0.2, -0.15) is 4.98 Å². The number of amides is 3. The zero-order valence-corrected chi connectivity index (χ0v) is 16.0. The van der Waals surface area contributed by atoms with Crippen LogP contribution in [0.2, 0.25) is 0 Å². The SMILES string of the molecule is CCc1ccc(-c2noc(COC(=O)CCN3C(=O)NC(C)(C)C3=O)n2)cc1. The number of nitrogens with one attached hydrogen (secondary N) is 1. The number of benzene rings is 1. The van der Waals surface area contributed by atoms with Gasteiger partial charge in [-0.05, 0) is 25.8 Å². The molecule has 3 rings (SSSR count). The minimum atomic E-state index is -0.962. The molecule has 1 saturated heterocycles. The molecule has 0 saturated carbocycles. The number of rotatable bonds is 7. The molecular weight excluding hydrogens is 364 g/mol. The molecular formula is C19H22N4O5. The average Bonchev–Trinajstić information content (AvgIpc) is 3.21. The smallest absolute Gasteiger partial charge is 0.325 e. The number of ether oxygens (including phenoxy) is 1. The maximum absolute atomic E-state index is 12.1. The predicted molar refractivity (Wildman–Crippen MR) is 97.8 cm³/mol. The summed E-state index contributed by atoms with van der Waals surface area (Å²) in [6, 6.07) is 7.27. The summed E-state index contributed by atoms with van der Waals surface area (Å²) in [5.74, 6) is -0.368. The fraction of sp³-hybridized carbons (Fsp3) is 0.421. The van der Waals surface area contributed by atoms with E-state index in [0.717, 1.165) is 16.9 Å². The molecule has 0 aliphatic carbocycles. The summed E-state index contributed by atoms with van der Waals surface area (Å²) in [6.45, 7) is 5.06. The van der Waals surface area contributed by atoms with Crippen molar-refractivity contribution in [3.05, 3.63) is 35.7 Å². The van der Waals surface area contributed by atoms with Gasteiger partial charge in [0.15, 0.2) is 6.61 Å². The number of imide groups is 1. The van der Waals surface area contributed by atoms with Crippen LogP contribution in [-0.2, 0) is 27.4 Å². The highest BCUT2D eigenvalue weighted by molar-refractivity contribution is 6.06. The topological polar surface area (TPSA) is 115 Å². The fourth-order valence-corrected chi connectivity index (χ4v) is 2.76. The van der Waals surface area contributed by atoms with Gasteiger partial charge < -0.3 is 14.6 Å². The number of urea groups is 1. The molecule has 0 radical (unpaired) electrons. The number of nitrogens with zero attached hydrogens (tertiary/aromatic N) is 3. The molecule has 1 N–H and O–H groups in total. The molecule has 1 aliphatic rings. The van der Waals surface area contributed by atoms with Crippen LogP contribution in [0, 0.1) is 0 Å². The standard InChI is InChI=1S/C19H22N4O5/c1-4-12-5-7-13(8-6-12)16-20-14(28-22-16)11-27-15(24)9-10-23-17(25)19(2,3)21-18(23)26/h5-8H,4,9-11H2,1-3H3,(H,21,26). The van der Waals surface area contributed by atoms with Crippen LogP contribution in [0.15, 0.2) is 28.8 Å². The Morgan fingerprint density at radius 3 is 2.57 bits per heavy atom. The van der Waals surface area contributed by atoms with E-state index in [-0.39, 0.29) is 31.4 Å². The summed E-state index contributed by atoms with van der Waals surface area (Å²) in [4.78, 5) is 41.0. The van der Waals surface area contributed by atoms with Crippen molar-refractivity contribution < 1.29 is 23.6 Å². The highest BCUT2D eigenvalue weighted by Crippen LogP contribution is 2.18. The first-order valence-electron chi connectivity index (χ1n) is 9.02. The Hall–Kier alpha value is -3.23. The first kappa shape index (κ1) is 19.5. The van der Waals surface area contributed by atoms with E-state index in [1.165, 1.54) is 5.56 Å². The Balaban J connectivity index is 1.49. The number of hydrogen-bond donors (Lipinski definition) is 1. The van der Waals surface area contributed by atoms with Crippen LogP contribution >= 0.6 is 0 Å². The second-order valence-electron chi connectivity index (χ2n) is 6.98. The van der Waals surface area contributed by atoms with Crippen molar-refractivity contribution in [3.63, 3.8) is 0 Å². The zero-order chi connectivity index (χ0) is 20.3. The summed E-state index contributed by atoms with van der Waals surface area (Å²) in [7, 11) is 0. The lowest BCUT2D eigenvalue weighted by atomic mass is 10.1. The average molecular weight is 386 g/mol. The number of carbonyl (C=O) groups is 3. The van der Waals surface area contributed by atoms with Crippen LogP contribution in [0.4, 0.5) is 4.79 Å². The van der Waals surface area contributed by atoms with Crippen molar-refractivity contribution in [2.24, 2.45) is 0 Å². The lowest BCUT2D eigenvalue weighted by Crippen LogP contribution is -2.40. The Labute approximate surface area is 162 Å². The predicted octanol–water partition coefficient (Wildman–Crippen LogP) is 2.06. The van der Waals surface area contributed by atoms with Crippen LogP contribution in [0.5, 0.6) is 0 Å². The lowest BCUT2D eigenvalue weighted by molar-refractivity contribution is -0.146. The largest absolute Gasteiger partial charge is 0.456 e. The quantitative estimate of drug-likeness (QED) is 0.572. The zero-order valence-electron chi connectivity index (χ0n) is 16.0. The monoisotopic (exact) mass is 386 g/mol. The Morgan fingerprint density at radius 1 is 1.25 bits per heavy atom. The third-order valence-corrected chi connectivity index (χ3v) is 4.43. The van der Waals surface area contributed by atoms with Gasteiger partial charge in [0.1, 0.15) is 5.54 Å². The molecule has 28 heavy (non-hydrogen) atoms. The summed E-state index contributed by atoms with van der Waals surface area (Å²) in [5, 5.41) is 6.43. The Morgan fingerprint density at radius 2 is 1.96 bits per heavy atom. The number of esters is 1. The van der Waals surface area contributed by atoms with Crippen LogP contribution in [-0.4, -0.2) is 45.0 Å². The van der Waals surface area contributed by atoms with Crippen molar-refractivity contribution in [2.75, 3.05) is 6.54 Å². The van der Waals surface area contributed by atoms with Crippen LogP contribution in [0.3, 0.4) is 0 Å². The van der Waals surface area contributed by atoms with E-state index in [1.54, 1.807) is 13.8 Å². The molecule has 2 heterocycles. The van der Waals surface area contributed by atoms with Crippen LogP contribution in [0.25, 0.3) is 11.4 Å². The van der Waals surface area contributed by atoms with E-state index in [4.69, 9.17) is 9.26 Å². The van der Waals surface area contributed by atoms with Crippen LogP contribution in [0.1, 0.15) is 38.6 Å². The normalized spacial score (nSPS) is 15.6. The van der Waals surface area contributed by atoms with Gasteiger partial charge in [-0.1, -0.05) is 36.3 Å². The van der Waals surface area contributed by atoms with Gasteiger partial charge in [-0.3, -0.25) is 14.5 Å². The molecule has 9 heteroatoms. The third kappa shape index (κ3) is 4.19. The molecule has 0 atom stereocenters. The van der Waals surface area contributed by atoms with Gasteiger partial charge in [0.2, 0.25) is 5.82 Å². The third-order valence-electron chi connectivity index (χ3n) is 4.43. The molecule has 3 amide bonds. The maximum atomic E-state index is 12.1. The molecule has 0 unspecified atom stereocenters. The first-order valence-corrected chi connectivity index (χ1v) is 9.02. The summed E-state index contributed by atoms with van der Waals surface area (Å²) < 4.78 is 10.2. The molecule has 9 nitrogen and oxygen atoms in total. The van der Waals surface area contributed by atoms with E-state index in [1.807, 2.05) is 24.3 Å². The molecule has 1 fully saturated rings. The van der Waals surface area contributed by atoms with Crippen molar-refractivity contribution in [1.29, 1.82) is 0 Å². The van der Waals surface area contributed by atoms with E-state index < -0.39 is 17.5 Å². The second kappa shape index (κ2) is 7.79. The molecule has 0 bridgehead atoms. The highest BCUT2D eigenvalue weighted by atomic mass is 16.6. The van der Waals surface area contributed by atoms with Gasteiger partial charge in [0.05, 0.1) is 6.42 Å². The van der Waals surface area contributed by atoms with Gasteiger partial charge in [-0.25, -0.2) is 4.79 Å². The van der Waals surface area contributed by atoms with E-state index >= 15 is 0 Å². The number of hydrogen-bond acceptors (Lipinski definition) is 7. The first-order chi connectivity index (χ1) is 13.3. The number of carbonyl (C=O) groups excluding carboxylic acids is 3. The summed E-state index contributed by atoms with van der Waals surface area (Å²) >= 11 is 0.